The molecule has 4 rings (SSSR count). The molecular weight excluding hydrogens is 368 g/mol. The van der Waals surface area contributed by atoms with E-state index < -0.39 is 5.60 Å². The van der Waals surface area contributed by atoms with Gasteiger partial charge in [0.25, 0.3) is 0 Å². The van der Waals surface area contributed by atoms with Gasteiger partial charge in [-0.1, -0.05) is 0 Å². The van der Waals surface area contributed by atoms with E-state index in [0.717, 1.165) is 57.4 Å². The Hall–Kier alpha value is -2.24. The van der Waals surface area contributed by atoms with Gasteiger partial charge >= 0.3 is 12.1 Å². The lowest BCUT2D eigenvalue weighted by atomic mass is 9.78. The smallest absolute Gasteiger partial charge is 0.410 e. The summed E-state index contributed by atoms with van der Waals surface area (Å²) in [4.78, 5) is 28.7. The van der Waals surface area contributed by atoms with Gasteiger partial charge in [-0.05, 0) is 76.1 Å². The van der Waals surface area contributed by atoms with Crippen LogP contribution < -0.4 is 4.90 Å². The van der Waals surface area contributed by atoms with Gasteiger partial charge in [-0.15, -0.1) is 0 Å². The molecule has 29 heavy (non-hydrogen) atoms. The standard InChI is InChI=1S/C23H32N2O4/c1-16-13-17-14-18(5-6-19(17)20(26)28-16)25-12-9-23(15-25)7-10-24(11-8-23)21(27)29-22(2,3)4/h5-6,14,16H,7-13,15H2,1-4H3/t16-/m1/s1. The van der Waals surface area contributed by atoms with Crippen LogP contribution in [0.5, 0.6) is 0 Å². The number of hydrogen-bond donors (Lipinski definition) is 0. The van der Waals surface area contributed by atoms with Crippen molar-refractivity contribution in [2.75, 3.05) is 31.1 Å². The van der Waals surface area contributed by atoms with E-state index in [1.165, 1.54) is 5.69 Å². The molecule has 0 radical (unpaired) electrons. The highest BCUT2D eigenvalue weighted by Crippen LogP contribution is 2.42. The molecule has 0 unspecified atom stereocenters. The van der Waals surface area contributed by atoms with E-state index in [9.17, 15) is 9.59 Å². The van der Waals surface area contributed by atoms with Gasteiger partial charge in [-0.3, -0.25) is 0 Å². The van der Waals surface area contributed by atoms with E-state index in [4.69, 9.17) is 9.47 Å². The summed E-state index contributed by atoms with van der Waals surface area (Å²) in [6, 6.07) is 6.13. The third kappa shape index (κ3) is 4.21. The van der Waals surface area contributed by atoms with Crippen molar-refractivity contribution in [1.29, 1.82) is 0 Å². The van der Waals surface area contributed by atoms with Crippen LogP contribution in [-0.4, -0.2) is 54.8 Å². The second kappa shape index (κ2) is 7.22. The van der Waals surface area contributed by atoms with Gasteiger partial charge in [0, 0.05) is 38.3 Å². The second-order valence-corrected chi connectivity index (χ2v) is 9.90. The Kier molecular flexibility index (Phi) is 4.99. The number of fused-ring (bicyclic) bond motifs is 1. The molecule has 6 nitrogen and oxygen atoms in total. The maximum Gasteiger partial charge on any atom is 0.410 e. The number of esters is 1. The average Bonchev–Trinajstić information content (AvgIpc) is 3.04. The van der Waals surface area contributed by atoms with Crippen LogP contribution in [0.25, 0.3) is 0 Å². The molecule has 3 aliphatic heterocycles. The fourth-order valence-corrected chi connectivity index (χ4v) is 4.80. The van der Waals surface area contributed by atoms with Crippen molar-refractivity contribution in [2.24, 2.45) is 5.41 Å². The SMILES string of the molecule is C[C@@H]1Cc2cc(N3CCC4(CCN(C(=O)OC(C)(C)C)CC4)C3)ccc2C(=O)O1. The Morgan fingerprint density at radius 2 is 1.86 bits per heavy atom. The zero-order chi connectivity index (χ0) is 20.8. The highest BCUT2D eigenvalue weighted by Gasteiger charge is 2.42. The summed E-state index contributed by atoms with van der Waals surface area (Å²) in [5.41, 5.74) is 2.79. The lowest BCUT2D eigenvalue weighted by Crippen LogP contribution is -2.46. The quantitative estimate of drug-likeness (QED) is 0.667. The van der Waals surface area contributed by atoms with Gasteiger partial charge in [-0.2, -0.15) is 0 Å². The number of nitrogens with zero attached hydrogens (tertiary/aromatic N) is 2. The molecule has 0 bridgehead atoms. The Bertz CT molecular complexity index is 806. The van der Waals surface area contributed by atoms with E-state index in [0.29, 0.717) is 5.56 Å². The van der Waals surface area contributed by atoms with Gasteiger partial charge in [0.2, 0.25) is 0 Å². The summed E-state index contributed by atoms with van der Waals surface area (Å²) in [6.07, 6.45) is 3.68. The highest BCUT2D eigenvalue weighted by atomic mass is 16.6. The predicted molar refractivity (Wildman–Crippen MR) is 111 cm³/mol. The highest BCUT2D eigenvalue weighted by molar-refractivity contribution is 5.92. The van der Waals surface area contributed by atoms with Crippen molar-refractivity contribution in [1.82, 2.24) is 4.90 Å². The van der Waals surface area contributed by atoms with Crippen LogP contribution in [0.4, 0.5) is 10.5 Å². The lowest BCUT2D eigenvalue weighted by molar-refractivity contribution is 0.0121. The number of cyclic esters (lactones) is 1. The van der Waals surface area contributed by atoms with E-state index in [-0.39, 0.29) is 23.6 Å². The van der Waals surface area contributed by atoms with Crippen molar-refractivity contribution < 1.29 is 19.1 Å². The zero-order valence-electron chi connectivity index (χ0n) is 18.0. The van der Waals surface area contributed by atoms with Crippen molar-refractivity contribution in [3.63, 3.8) is 0 Å². The average molecular weight is 401 g/mol. The molecule has 1 amide bonds. The first-order chi connectivity index (χ1) is 13.6. The summed E-state index contributed by atoms with van der Waals surface area (Å²) >= 11 is 0. The van der Waals surface area contributed by atoms with Crippen molar-refractivity contribution in [3.8, 4) is 0 Å². The van der Waals surface area contributed by atoms with Crippen LogP contribution in [0, 0.1) is 5.41 Å². The molecule has 3 aliphatic rings. The second-order valence-electron chi connectivity index (χ2n) is 9.90. The molecule has 1 spiro atoms. The molecule has 1 aromatic rings. The van der Waals surface area contributed by atoms with Gasteiger partial charge in [-0.25, -0.2) is 9.59 Å². The minimum atomic E-state index is -0.452. The number of amides is 1. The van der Waals surface area contributed by atoms with Crippen LogP contribution in [-0.2, 0) is 15.9 Å². The van der Waals surface area contributed by atoms with Crippen LogP contribution in [0.15, 0.2) is 18.2 Å². The van der Waals surface area contributed by atoms with Crippen LogP contribution in [0.1, 0.15) is 62.9 Å². The molecule has 0 aliphatic carbocycles. The zero-order valence-corrected chi connectivity index (χ0v) is 18.0. The summed E-state index contributed by atoms with van der Waals surface area (Å²) in [7, 11) is 0. The maximum atomic E-state index is 12.3. The maximum absolute atomic E-state index is 12.3. The number of ether oxygens (including phenoxy) is 2. The fraction of sp³-hybridized carbons (Fsp3) is 0.652. The first-order valence-electron chi connectivity index (χ1n) is 10.7. The van der Waals surface area contributed by atoms with E-state index >= 15 is 0 Å². The van der Waals surface area contributed by atoms with E-state index in [2.05, 4.69) is 11.0 Å². The van der Waals surface area contributed by atoms with E-state index in [1.54, 1.807) is 0 Å². The van der Waals surface area contributed by atoms with Crippen LogP contribution in [0.3, 0.4) is 0 Å². The third-order valence-electron chi connectivity index (χ3n) is 6.40. The Morgan fingerprint density at radius 1 is 1.17 bits per heavy atom. The fourth-order valence-electron chi connectivity index (χ4n) is 4.80. The molecular formula is C23H32N2O4. The van der Waals surface area contributed by atoms with Gasteiger partial charge in [0.15, 0.2) is 0 Å². The number of anilines is 1. The first-order valence-corrected chi connectivity index (χ1v) is 10.7. The van der Waals surface area contributed by atoms with E-state index in [1.807, 2.05) is 44.7 Å². The van der Waals surface area contributed by atoms with Crippen LogP contribution >= 0.6 is 0 Å². The molecule has 6 heteroatoms. The summed E-state index contributed by atoms with van der Waals surface area (Å²) in [5.74, 6) is -0.210. The largest absolute Gasteiger partial charge is 0.459 e. The normalized spacial score (nSPS) is 23.7. The van der Waals surface area contributed by atoms with Crippen molar-refractivity contribution in [3.05, 3.63) is 29.3 Å². The molecule has 3 heterocycles. The Morgan fingerprint density at radius 3 is 2.55 bits per heavy atom. The third-order valence-corrected chi connectivity index (χ3v) is 6.40. The van der Waals surface area contributed by atoms with Crippen molar-refractivity contribution >= 4 is 17.7 Å². The molecule has 0 aromatic heterocycles. The number of carbonyl (C=O) groups is 2. The Balaban J connectivity index is 1.39. The molecule has 158 valence electrons. The molecule has 0 N–H and O–H groups in total. The number of benzene rings is 1. The number of piperidine rings is 1. The minimum absolute atomic E-state index is 0.0626. The predicted octanol–water partition coefficient (Wildman–Crippen LogP) is 4.02. The van der Waals surface area contributed by atoms with Crippen molar-refractivity contribution in [2.45, 2.75) is 65.1 Å². The summed E-state index contributed by atoms with van der Waals surface area (Å²) < 4.78 is 10.9. The molecule has 2 saturated heterocycles. The minimum Gasteiger partial charge on any atom is -0.459 e. The van der Waals surface area contributed by atoms with Gasteiger partial charge in [0.1, 0.15) is 11.7 Å². The first kappa shape index (κ1) is 20.0. The number of carbonyl (C=O) groups excluding carboxylic acids is 2. The Labute approximate surface area is 173 Å². The topological polar surface area (TPSA) is 59.1 Å². The van der Waals surface area contributed by atoms with Crippen LogP contribution in [0.2, 0.25) is 0 Å². The lowest BCUT2D eigenvalue weighted by Gasteiger charge is -2.39. The monoisotopic (exact) mass is 400 g/mol. The number of likely N-dealkylation sites (tertiary alicyclic amines) is 1. The van der Waals surface area contributed by atoms with Gasteiger partial charge < -0.3 is 19.3 Å². The summed E-state index contributed by atoms with van der Waals surface area (Å²) in [6.45, 7) is 11.2. The molecule has 1 aromatic carbocycles. The van der Waals surface area contributed by atoms with Gasteiger partial charge in [0.05, 0.1) is 5.56 Å². The summed E-state index contributed by atoms with van der Waals surface area (Å²) in [5, 5.41) is 0. The molecule has 2 fully saturated rings. The number of hydrogen-bond acceptors (Lipinski definition) is 5. The molecule has 0 saturated carbocycles. The number of rotatable bonds is 1. The molecule has 1 atom stereocenters.